The van der Waals surface area contributed by atoms with Gasteiger partial charge in [-0.25, -0.2) is 0 Å². The molecule has 2 aromatic rings. The lowest BCUT2D eigenvalue weighted by Gasteiger charge is -1.92. The standard InChI is InChI=1S/C7H3ClN2O3/c8-4-3-6(10(11)12)9-5-1-2-13-7(4)5/h1-3H. The van der Waals surface area contributed by atoms with Crippen molar-refractivity contribution in [3.63, 3.8) is 0 Å². The van der Waals surface area contributed by atoms with Gasteiger partial charge in [0.1, 0.15) is 0 Å². The van der Waals surface area contributed by atoms with Crippen molar-refractivity contribution in [2.75, 3.05) is 0 Å². The van der Waals surface area contributed by atoms with E-state index in [1.807, 2.05) is 0 Å². The van der Waals surface area contributed by atoms with Gasteiger partial charge in [0.25, 0.3) is 0 Å². The van der Waals surface area contributed by atoms with Crippen LogP contribution < -0.4 is 0 Å². The summed E-state index contributed by atoms with van der Waals surface area (Å²) in [6.07, 6.45) is 1.38. The van der Waals surface area contributed by atoms with Gasteiger partial charge in [-0.2, -0.15) is 0 Å². The van der Waals surface area contributed by atoms with Gasteiger partial charge in [0.2, 0.25) is 5.52 Å². The lowest BCUT2D eigenvalue weighted by Crippen LogP contribution is -1.91. The first kappa shape index (κ1) is 8.00. The van der Waals surface area contributed by atoms with Crippen LogP contribution in [0.25, 0.3) is 11.1 Å². The molecule has 0 aromatic carbocycles. The van der Waals surface area contributed by atoms with E-state index in [2.05, 4.69) is 4.98 Å². The molecule has 0 aliphatic carbocycles. The minimum Gasteiger partial charge on any atom is -0.459 e. The molecule has 0 spiro atoms. The van der Waals surface area contributed by atoms with E-state index in [9.17, 15) is 10.1 Å². The summed E-state index contributed by atoms with van der Waals surface area (Å²) in [6, 6.07) is 2.68. The van der Waals surface area contributed by atoms with Crippen molar-refractivity contribution in [3.05, 3.63) is 33.5 Å². The van der Waals surface area contributed by atoms with E-state index in [-0.39, 0.29) is 10.8 Å². The molecule has 2 rings (SSSR count). The number of aromatic nitrogens is 1. The van der Waals surface area contributed by atoms with Crippen molar-refractivity contribution >= 4 is 28.5 Å². The van der Waals surface area contributed by atoms with E-state index in [0.717, 1.165) is 6.07 Å². The third kappa shape index (κ3) is 1.23. The topological polar surface area (TPSA) is 69.2 Å². The Morgan fingerprint density at radius 3 is 3.08 bits per heavy atom. The summed E-state index contributed by atoms with van der Waals surface area (Å²) in [7, 11) is 0. The Morgan fingerprint density at radius 2 is 2.38 bits per heavy atom. The normalized spacial score (nSPS) is 10.5. The number of hydrogen-bond donors (Lipinski definition) is 0. The molecular formula is C7H3ClN2O3. The second kappa shape index (κ2) is 2.70. The Morgan fingerprint density at radius 1 is 1.62 bits per heavy atom. The molecule has 2 aromatic heterocycles. The Kier molecular flexibility index (Phi) is 1.66. The number of hydrogen-bond acceptors (Lipinski definition) is 4. The van der Waals surface area contributed by atoms with Crippen molar-refractivity contribution in [1.29, 1.82) is 0 Å². The second-order valence-corrected chi connectivity index (χ2v) is 2.76. The number of nitrogens with zero attached hydrogens (tertiary/aromatic N) is 2. The van der Waals surface area contributed by atoms with E-state index in [1.54, 1.807) is 0 Å². The molecule has 13 heavy (non-hydrogen) atoms. The van der Waals surface area contributed by atoms with E-state index < -0.39 is 4.92 Å². The lowest BCUT2D eigenvalue weighted by atomic mass is 10.4. The average Bonchev–Trinajstić information content (AvgIpc) is 2.51. The maximum absolute atomic E-state index is 10.4. The molecule has 0 saturated heterocycles. The minimum absolute atomic E-state index is 0.196. The minimum atomic E-state index is -0.599. The van der Waals surface area contributed by atoms with Crippen LogP contribution in [-0.2, 0) is 0 Å². The van der Waals surface area contributed by atoms with Gasteiger partial charge in [-0.15, -0.1) is 0 Å². The van der Waals surface area contributed by atoms with Crippen molar-refractivity contribution < 1.29 is 9.34 Å². The second-order valence-electron chi connectivity index (χ2n) is 2.35. The summed E-state index contributed by atoms with van der Waals surface area (Å²) in [5, 5.41) is 10.6. The number of halogens is 1. The van der Waals surface area contributed by atoms with Crippen LogP contribution in [0.2, 0.25) is 5.02 Å². The van der Waals surface area contributed by atoms with Gasteiger partial charge in [-0.3, -0.25) is 0 Å². The molecule has 2 heterocycles. The highest BCUT2D eigenvalue weighted by Crippen LogP contribution is 2.26. The average molecular weight is 199 g/mol. The summed E-state index contributed by atoms with van der Waals surface area (Å²) in [4.78, 5) is 13.5. The predicted molar refractivity (Wildman–Crippen MR) is 45.7 cm³/mol. The van der Waals surface area contributed by atoms with E-state index in [1.165, 1.54) is 12.3 Å². The summed E-state index contributed by atoms with van der Waals surface area (Å²) in [5.41, 5.74) is 0.756. The molecule has 0 fully saturated rings. The van der Waals surface area contributed by atoms with Gasteiger partial charge >= 0.3 is 5.82 Å². The molecule has 66 valence electrons. The zero-order valence-corrected chi connectivity index (χ0v) is 6.99. The van der Waals surface area contributed by atoms with Crippen LogP contribution in [0.1, 0.15) is 0 Å². The molecule has 0 bridgehead atoms. The fourth-order valence-corrected chi connectivity index (χ4v) is 1.24. The monoisotopic (exact) mass is 198 g/mol. The molecule has 0 aliphatic rings. The summed E-state index contributed by atoms with van der Waals surface area (Å²) >= 11 is 5.71. The summed E-state index contributed by atoms with van der Waals surface area (Å²) in [6.45, 7) is 0. The fraction of sp³-hybridized carbons (Fsp3) is 0. The quantitative estimate of drug-likeness (QED) is 0.521. The molecule has 0 aliphatic heterocycles. The van der Waals surface area contributed by atoms with Crippen molar-refractivity contribution in [2.45, 2.75) is 0 Å². The lowest BCUT2D eigenvalue weighted by molar-refractivity contribution is -0.389. The smallest absolute Gasteiger partial charge is 0.365 e. The van der Waals surface area contributed by atoms with Gasteiger partial charge in [0.15, 0.2) is 5.58 Å². The van der Waals surface area contributed by atoms with Crippen LogP contribution in [0.4, 0.5) is 5.82 Å². The SMILES string of the molecule is O=[N+]([O-])c1cc(Cl)c2occc2n1. The molecule has 0 N–H and O–H groups in total. The third-order valence-corrected chi connectivity index (χ3v) is 1.82. The van der Waals surface area contributed by atoms with Gasteiger partial charge in [0, 0.05) is 6.07 Å². The number of furan rings is 1. The van der Waals surface area contributed by atoms with E-state index in [4.69, 9.17) is 16.0 Å². The number of rotatable bonds is 1. The Balaban J connectivity index is 2.77. The molecule has 0 radical (unpaired) electrons. The number of nitro groups is 1. The first-order valence-electron chi connectivity index (χ1n) is 3.36. The predicted octanol–water partition coefficient (Wildman–Crippen LogP) is 2.39. The highest BCUT2D eigenvalue weighted by molar-refractivity contribution is 6.34. The Hall–Kier alpha value is -1.62. The zero-order valence-electron chi connectivity index (χ0n) is 6.23. The maximum Gasteiger partial charge on any atom is 0.365 e. The maximum atomic E-state index is 10.4. The Bertz CT molecular complexity index is 480. The van der Waals surface area contributed by atoms with Gasteiger partial charge in [0.05, 0.1) is 17.4 Å². The summed E-state index contributed by atoms with van der Waals surface area (Å²) < 4.78 is 4.97. The first-order valence-corrected chi connectivity index (χ1v) is 3.74. The molecule has 5 nitrogen and oxygen atoms in total. The molecule has 0 saturated carbocycles. The van der Waals surface area contributed by atoms with Gasteiger partial charge in [-0.05, 0) is 9.91 Å². The fourth-order valence-electron chi connectivity index (χ4n) is 0.997. The molecule has 6 heteroatoms. The largest absolute Gasteiger partial charge is 0.459 e. The molecule has 0 amide bonds. The van der Waals surface area contributed by atoms with Crippen LogP contribution in [-0.4, -0.2) is 9.91 Å². The number of pyridine rings is 1. The summed E-state index contributed by atoms with van der Waals surface area (Å²) in [5.74, 6) is -0.279. The van der Waals surface area contributed by atoms with E-state index >= 15 is 0 Å². The van der Waals surface area contributed by atoms with Crippen LogP contribution >= 0.6 is 11.6 Å². The van der Waals surface area contributed by atoms with Crippen LogP contribution in [0, 0.1) is 10.1 Å². The zero-order chi connectivity index (χ0) is 9.42. The van der Waals surface area contributed by atoms with Crippen LogP contribution in [0.5, 0.6) is 0 Å². The van der Waals surface area contributed by atoms with E-state index in [0.29, 0.717) is 11.1 Å². The third-order valence-electron chi connectivity index (χ3n) is 1.54. The van der Waals surface area contributed by atoms with Crippen molar-refractivity contribution in [2.24, 2.45) is 0 Å². The van der Waals surface area contributed by atoms with Crippen molar-refractivity contribution in [1.82, 2.24) is 4.98 Å². The van der Waals surface area contributed by atoms with Crippen molar-refractivity contribution in [3.8, 4) is 0 Å². The molecular weight excluding hydrogens is 196 g/mol. The number of fused-ring (bicyclic) bond motifs is 1. The first-order chi connectivity index (χ1) is 6.18. The highest BCUT2D eigenvalue weighted by Gasteiger charge is 2.15. The van der Waals surface area contributed by atoms with Crippen LogP contribution in [0.3, 0.4) is 0 Å². The van der Waals surface area contributed by atoms with Gasteiger partial charge in [-0.1, -0.05) is 11.6 Å². The van der Waals surface area contributed by atoms with Gasteiger partial charge < -0.3 is 14.5 Å². The molecule has 0 atom stereocenters. The molecule has 0 unspecified atom stereocenters. The Labute approximate surface area is 77.1 Å². The highest BCUT2D eigenvalue weighted by atomic mass is 35.5. The van der Waals surface area contributed by atoms with Crippen LogP contribution in [0.15, 0.2) is 22.8 Å².